The zero-order chi connectivity index (χ0) is 12.7. The van der Waals surface area contributed by atoms with E-state index in [9.17, 15) is 4.79 Å². The molecule has 2 unspecified atom stereocenters. The van der Waals surface area contributed by atoms with Crippen molar-refractivity contribution in [2.45, 2.75) is 54.9 Å². The topological polar surface area (TPSA) is 17.1 Å². The quantitative estimate of drug-likeness (QED) is 0.698. The van der Waals surface area contributed by atoms with Crippen molar-refractivity contribution in [3.8, 4) is 0 Å². The fourth-order valence-corrected chi connectivity index (χ4v) is 2.92. The van der Waals surface area contributed by atoms with Gasteiger partial charge in [0.2, 0.25) is 0 Å². The number of rotatable bonds is 3. The van der Waals surface area contributed by atoms with Gasteiger partial charge >= 0.3 is 0 Å². The molecule has 0 heterocycles. The standard InChI is InChI=1S/C15H26O/c1-9(2)12(5)15(6,7)13-8-10(3)14(16)11(13)4/h9-10,12H,8H2,1-7H3. The van der Waals surface area contributed by atoms with Gasteiger partial charge in [0, 0.05) is 5.92 Å². The molecule has 0 aromatic heterocycles. The van der Waals surface area contributed by atoms with E-state index in [-0.39, 0.29) is 11.3 Å². The van der Waals surface area contributed by atoms with E-state index in [1.807, 2.05) is 6.92 Å². The molecule has 0 saturated heterocycles. The Morgan fingerprint density at radius 2 is 1.75 bits per heavy atom. The molecule has 0 amide bonds. The molecule has 16 heavy (non-hydrogen) atoms. The van der Waals surface area contributed by atoms with Crippen LogP contribution in [0.25, 0.3) is 0 Å². The molecule has 0 radical (unpaired) electrons. The Bertz CT molecular complexity index is 320. The Morgan fingerprint density at radius 3 is 2.06 bits per heavy atom. The molecule has 0 saturated carbocycles. The smallest absolute Gasteiger partial charge is 0.161 e. The fourth-order valence-electron chi connectivity index (χ4n) is 2.92. The SMILES string of the molecule is CC1=C(C(C)(C)C(C)C(C)C)CC(C)C1=O. The summed E-state index contributed by atoms with van der Waals surface area (Å²) in [5.74, 6) is 1.82. The van der Waals surface area contributed by atoms with Crippen molar-refractivity contribution >= 4 is 5.78 Å². The predicted molar refractivity (Wildman–Crippen MR) is 69.3 cm³/mol. The van der Waals surface area contributed by atoms with Crippen LogP contribution in [0.3, 0.4) is 0 Å². The molecule has 0 aromatic carbocycles. The van der Waals surface area contributed by atoms with Crippen molar-refractivity contribution in [1.29, 1.82) is 0 Å². The second kappa shape index (κ2) is 4.35. The number of allylic oxidation sites excluding steroid dienone is 2. The highest BCUT2D eigenvalue weighted by atomic mass is 16.1. The van der Waals surface area contributed by atoms with Crippen molar-refractivity contribution in [2.75, 3.05) is 0 Å². The summed E-state index contributed by atoms with van der Waals surface area (Å²) in [5.41, 5.74) is 2.58. The monoisotopic (exact) mass is 222 g/mol. The van der Waals surface area contributed by atoms with Gasteiger partial charge in [-0.1, -0.05) is 47.1 Å². The van der Waals surface area contributed by atoms with Gasteiger partial charge in [-0.15, -0.1) is 0 Å². The maximum Gasteiger partial charge on any atom is 0.161 e. The van der Waals surface area contributed by atoms with Crippen LogP contribution in [0.15, 0.2) is 11.1 Å². The van der Waals surface area contributed by atoms with Gasteiger partial charge in [0.1, 0.15) is 0 Å². The minimum atomic E-state index is 0.151. The van der Waals surface area contributed by atoms with Crippen molar-refractivity contribution in [1.82, 2.24) is 0 Å². The maximum absolute atomic E-state index is 11.9. The van der Waals surface area contributed by atoms with E-state index in [1.54, 1.807) is 0 Å². The molecule has 0 spiro atoms. The van der Waals surface area contributed by atoms with Gasteiger partial charge in [-0.3, -0.25) is 4.79 Å². The Labute approximate surface area is 100 Å². The first kappa shape index (κ1) is 13.5. The Morgan fingerprint density at radius 1 is 1.25 bits per heavy atom. The highest BCUT2D eigenvalue weighted by Gasteiger charge is 2.39. The summed E-state index contributed by atoms with van der Waals surface area (Å²) >= 11 is 0. The average Bonchev–Trinajstić information content (AvgIpc) is 2.45. The van der Waals surface area contributed by atoms with Gasteiger partial charge in [-0.05, 0) is 36.2 Å². The van der Waals surface area contributed by atoms with Crippen LogP contribution in [-0.4, -0.2) is 5.78 Å². The summed E-state index contributed by atoms with van der Waals surface area (Å²) in [5, 5.41) is 0. The minimum Gasteiger partial charge on any atom is -0.294 e. The van der Waals surface area contributed by atoms with Crippen molar-refractivity contribution in [2.24, 2.45) is 23.2 Å². The summed E-state index contributed by atoms with van der Waals surface area (Å²) < 4.78 is 0. The molecule has 0 aliphatic heterocycles. The molecule has 1 aliphatic carbocycles. The summed E-state index contributed by atoms with van der Waals surface area (Å²) in [6, 6.07) is 0. The highest BCUT2D eigenvalue weighted by molar-refractivity contribution is 6.00. The van der Waals surface area contributed by atoms with Gasteiger partial charge < -0.3 is 0 Å². The van der Waals surface area contributed by atoms with Crippen LogP contribution in [-0.2, 0) is 4.79 Å². The molecule has 0 N–H and O–H groups in total. The van der Waals surface area contributed by atoms with E-state index in [4.69, 9.17) is 0 Å². The molecule has 1 nitrogen and oxygen atoms in total. The normalized spacial score (nSPS) is 24.5. The predicted octanol–water partition coefficient (Wildman–Crippen LogP) is 4.23. The molecule has 0 fully saturated rings. The van der Waals surface area contributed by atoms with Crippen LogP contribution >= 0.6 is 0 Å². The second-order valence-electron chi connectivity index (χ2n) is 6.33. The number of ketones is 1. The van der Waals surface area contributed by atoms with Crippen LogP contribution in [0.5, 0.6) is 0 Å². The van der Waals surface area contributed by atoms with Crippen LogP contribution in [0, 0.1) is 23.2 Å². The van der Waals surface area contributed by atoms with Crippen LogP contribution in [0.2, 0.25) is 0 Å². The van der Waals surface area contributed by atoms with Crippen LogP contribution in [0.4, 0.5) is 0 Å². The van der Waals surface area contributed by atoms with Crippen molar-refractivity contribution in [3.63, 3.8) is 0 Å². The molecule has 1 heteroatoms. The van der Waals surface area contributed by atoms with E-state index in [1.165, 1.54) is 5.57 Å². The first-order valence-electron chi connectivity index (χ1n) is 6.44. The van der Waals surface area contributed by atoms with Gasteiger partial charge in [-0.25, -0.2) is 0 Å². The zero-order valence-electron chi connectivity index (χ0n) is 11.8. The Balaban J connectivity index is 3.06. The van der Waals surface area contributed by atoms with E-state index in [0.717, 1.165) is 12.0 Å². The third-order valence-corrected chi connectivity index (χ3v) is 4.70. The van der Waals surface area contributed by atoms with Gasteiger partial charge in [0.15, 0.2) is 5.78 Å². The van der Waals surface area contributed by atoms with Crippen LogP contribution < -0.4 is 0 Å². The fraction of sp³-hybridized carbons (Fsp3) is 0.800. The number of hydrogen-bond donors (Lipinski definition) is 0. The molecule has 0 aromatic rings. The number of hydrogen-bond acceptors (Lipinski definition) is 1. The van der Waals surface area contributed by atoms with Crippen molar-refractivity contribution in [3.05, 3.63) is 11.1 Å². The summed E-state index contributed by atoms with van der Waals surface area (Å²) in [6.07, 6.45) is 0.967. The summed E-state index contributed by atoms with van der Waals surface area (Å²) in [6.45, 7) is 15.5. The third kappa shape index (κ3) is 2.09. The first-order chi connectivity index (χ1) is 7.19. The van der Waals surface area contributed by atoms with E-state index >= 15 is 0 Å². The molecule has 2 atom stereocenters. The van der Waals surface area contributed by atoms with E-state index in [0.29, 0.717) is 17.6 Å². The molecule has 0 bridgehead atoms. The van der Waals surface area contributed by atoms with E-state index in [2.05, 4.69) is 41.5 Å². The van der Waals surface area contributed by atoms with E-state index < -0.39 is 0 Å². The molecule has 92 valence electrons. The lowest BCUT2D eigenvalue weighted by Crippen LogP contribution is -2.28. The third-order valence-electron chi connectivity index (χ3n) is 4.70. The van der Waals surface area contributed by atoms with Gasteiger partial charge in [0.25, 0.3) is 0 Å². The number of carbonyl (C=O) groups excluding carboxylic acids is 1. The molecule has 1 aliphatic rings. The molecule has 1 rings (SSSR count). The summed E-state index contributed by atoms with van der Waals surface area (Å²) in [7, 11) is 0. The summed E-state index contributed by atoms with van der Waals surface area (Å²) in [4.78, 5) is 11.9. The lowest BCUT2D eigenvalue weighted by atomic mass is 9.68. The average molecular weight is 222 g/mol. The Kier molecular flexibility index (Phi) is 3.66. The number of carbonyl (C=O) groups is 1. The first-order valence-corrected chi connectivity index (χ1v) is 6.44. The zero-order valence-corrected chi connectivity index (χ0v) is 11.8. The lowest BCUT2D eigenvalue weighted by Gasteiger charge is -2.37. The largest absolute Gasteiger partial charge is 0.294 e. The van der Waals surface area contributed by atoms with Gasteiger partial charge in [0.05, 0.1) is 0 Å². The maximum atomic E-state index is 11.9. The highest BCUT2D eigenvalue weighted by Crippen LogP contribution is 2.46. The molecular weight excluding hydrogens is 196 g/mol. The lowest BCUT2D eigenvalue weighted by molar-refractivity contribution is -0.117. The van der Waals surface area contributed by atoms with Gasteiger partial charge in [-0.2, -0.15) is 0 Å². The number of Topliss-reactive ketones (excluding diaryl/α,β-unsaturated/α-hetero) is 1. The molecular formula is C15H26O. The van der Waals surface area contributed by atoms with Crippen molar-refractivity contribution < 1.29 is 4.79 Å². The minimum absolute atomic E-state index is 0.151. The Hall–Kier alpha value is -0.590. The second-order valence-corrected chi connectivity index (χ2v) is 6.33. The van der Waals surface area contributed by atoms with Crippen LogP contribution in [0.1, 0.15) is 54.9 Å².